The van der Waals surface area contributed by atoms with Crippen LogP contribution in [0.3, 0.4) is 0 Å². The molecule has 1 fully saturated rings. The standard InChI is InChI=1S/C13H16O7/c14-6-8-9(15)10(16)12(18)13(19,20-8)11(17)7-4-2-1-3-5-7/h1-5,8-10,12,14-16,18-19H,6H2/t8-,9-,10+,12-,13+/m1/s1. The highest BCUT2D eigenvalue weighted by Gasteiger charge is 2.57. The number of aliphatic hydroxyl groups excluding tert-OH is 4. The molecule has 1 aliphatic rings. The maximum atomic E-state index is 12.2. The number of aliphatic hydroxyl groups is 5. The van der Waals surface area contributed by atoms with Crippen molar-refractivity contribution in [2.24, 2.45) is 0 Å². The number of carbonyl (C=O) groups excluding carboxylic acids is 1. The van der Waals surface area contributed by atoms with Crippen LogP contribution in [0, 0.1) is 0 Å². The Balaban J connectivity index is 2.34. The van der Waals surface area contributed by atoms with Gasteiger partial charge in [-0.15, -0.1) is 0 Å². The van der Waals surface area contributed by atoms with E-state index in [1.807, 2.05) is 0 Å². The highest BCUT2D eigenvalue weighted by atomic mass is 16.7. The molecule has 0 unspecified atom stereocenters. The van der Waals surface area contributed by atoms with Crippen molar-refractivity contribution in [3.05, 3.63) is 35.9 Å². The van der Waals surface area contributed by atoms with Gasteiger partial charge in [-0.05, 0) is 0 Å². The van der Waals surface area contributed by atoms with Gasteiger partial charge in [0.05, 0.1) is 6.61 Å². The molecule has 1 aromatic rings. The van der Waals surface area contributed by atoms with E-state index in [0.717, 1.165) is 0 Å². The molecule has 0 bridgehead atoms. The molecular formula is C13H16O7. The Morgan fingerprint density at radius 3 is 2.30 bits per heavy atom. The van der Waals surface area contributed by atoms with Crippen LogP contribution in [0.4, 0.5) is 0 Å². The average molecular weight is 284 g/mol. The summed E-state index contributed by atoms with van der Waals surface area (Å²) in [4.78, 5) is 12.2. The van der Waals surface area contributed by atoms with Crippen molar-refractivity contribution in [1.29, 1.82) is 0 Å². The van der Waals surface area contributed by atoms with Gasteiger partial charge in [-0.3, -0.25) is 4.79 Å². The third kappa shape index (κ3) is 2.35. The molecule has 0 aliphatic carbocycles. The number of carbonyl (C=O) groups is 1. The molecule has 7 heteroatoms. The fourth-order valence-corrected chi connectivity index (χ4v) is 2.14. The first-order valence-electron chi connectivity index (χ1n) is 6.07. The van der Waals surface area contributed by atoms with E-state index in [1.54, 1.807) is 18.2 Å². The topological polar surface area (TPSA) is 127 Å². The number of ether oxygens (including phenoxy) is 1. The Bertz CT molecular complexity index is 475. The number of hydrogen-bond donors (Lipinski definition) is 5. The third-order valence-electron chi connectivity index (χ3n) is 3.33. The van der Waals surface area contributed by atoms with Crippen LogP contribution in [0.25, 0.3) is 0 Å². The molecule has 0 amide bonds. The van der Waals surface area contributed by atoms with Crippen LogP contribution in [0.1, 0.15) is 10.4 Å². The summed E-state index contributed by atoms with van der Waals surface area (Å²) in [7, 11) is 0. The fourth-order valence-electron chi connectivity index (χ4n) is 2.14. The molecule has 0 saturated carbocycles. The Morgan fingerprint density at radius 1 is 1.15 bits per heavy atom. The van der Waals surface area contributed by atoms with Gasteiger partial charge >= 0.3 is 0 Å². The van der Waals surface area contributed by atoms with Crippen LogP contribution < -0.4 is 0 Å². The lowest BCUT2D eigenvalue weighted by Crippen LogP contribution is -2.68. The predicted molar refractivity (Wildman–Crippen MR) is 65.7 cm³/mol. The van der Waals surface area contributed by atoms with Crippen molar-refractivity contribution in [3.63, 3.8) is 0 Å². The third-order valence-corrected chi connectivity index (χ3v) is 3.33. The maximum absolute atomic E-state index is 12.2. The number of Topliss-reactive ketones (excluding diaryl/α,β-unsaturated/α-hetero) is 1. The molecule has 1 heterocycles. The monoisotopic (exact) mass is 284 g/mol. The van der Waals surface area contributed by atoms with E-state index in [0.29, 0.717) is 0 Å². The number of benzene rings is 1. The van der Waals surface area contributed by atoms with Gasteiger partial charge in [-0.1, -0.05) is 30.3 Å². The molecule has 2 rings (SSSR count). The zero-order valence-corrected chi connectivity index (χ0v) is 10.5. The molecule has 7 nitrogen and oxygen atoms in total. The van der Waals surface area contributed by atoms with Crippen LogP contribution in [0.5, 0.6) is 0 Å². The quantitative estimate of drug-likeness (QED) is 0.407. The van der Waals surface area contributed by atoms with E-state index in [1.165, 1.54) is 12.1 Å². The molecule has 5 N–H and O–H groups in total. The summed E-state index contributed by atoms with van der Waals surface area (Å²) in [5.41, 5.74) is 0.0642. The van der Waals surface area contributed by atoms with E-state index in [9.17, 15) is 25.2 Å². The Morgan fingerprint density at radius 2 is 1.75 bits per heavy atom. The van der Waals surface area contributed by atoms with Crippen LogP contribution in [0.2, 0.25) is 0 Å². The van der Waals surface area contributed by atoms with E-state index in [2.05, 4.69) is 0 Å². The van der Waals surface area contributed by atoms with Crippen molar-refractivity contribution in [1.82, 2.24) is 0 Å². The SMILES string of the molecule is O=C(c1ccccc1)[C@]1(O)O[C@H](CO)[C@@H](O)[C@H](O)[C@H]1O. The van der Waals surface area contributed by atoms with Gasteiger partial charge in [0.25, 0.3) is 5.79 Å². The normalized spacial score (nSPS) is 37.6. The number of hydrogen-bond acceptors (Lipinski definition) is 7. The van der Waals surface area contributed by atoms with Gasteiger partial charge in [-0.25, -0.2) is 0 Å². The van der Waals surface area contributed by atoms with E-state index >= 15 is 0 Å². The second kappa shape index (κ2) is 5.57. The molecule has 0 aromatic heterocycles. The number of ketones is 1. The van der Waals surface area contributed by atoms with E-state index < -0.39 is 42.6 Å². The molecular weight excluding hydrogens is 268 g/mol. The second-order valence-corrected chi connectivity index (χ2v) is 4.66. The Kier molecular flexibility index (Phi) is 4.19. The first-order chi connectivity index (χ1) is 9.41. The van der Waals surface area contributed by atoms with Crippen molar-refractivity contribution in [2.75, 3.05) is 6.61 Å². The highest BCUT2D eigenvalue weighted by molar-refractivity contribution is 6.01. The van der Waals surface area contributed by atoms with E-state index in [4.69, 9.17) is 9.84 Å². The first kappa shape index (κ1) is 15.0. The van der Waals surface area contributed by atoms with Crippen LogP contribution in [-0.2, 0) is 4.74 Å². The Hall–Kier alpha value is -1.35. The summed E-state index contributed by atoms with van der Waals surface area (Å²) < 4.78 is 4.93. The molecule has 5 atom stereocenters. The summed E-state index contributed by atoms with van der Waals surface area (Å²) in [6.07, 6.45) is -6.85. The molecule has 1 aromatic carbocycles. The first-order valence-corrected chi connectivity index (χ1v) is 6.07. The summed E-state index contributed by atoms with van der Waals surface area (Å²) in [5, 5.41) is 48.4. The van der Waals surface area contributed by atoms with Crippen molar-refractivity contribution < 1.29 is 35.1 Å². The summed E-state index contributed by atoms with van der Waals surface area (Å²) in [6.45, 7) is -0.727. The summed E-state index contributed by atoms with van der Waals surface area (Å²) in [5.74, 6) is -3.69. The molecule has 0 radical (unpaired) electrons. The van der Waals surface area contributed by atoms with Gasteiger partial charge in [-0.2, -0.15) is 0 Å². The lowest BCUT2D eigenvalue weighted by molar-refractivity contribution is -0.322. The predicted octanol–water partition coefficient (Wildman–Crippen LogP) is -1.97. The smallest absolute Gasteiger partial charge is 0.261 e. The lowest BCUT2D eigenvalue weighted by Gasteiger charge is -2.44. The molecule has 1 aliphatic heterocycles. The van der Waals surface area contributed by atoms with Gasteiger partial charge < -0.3 is 30.3 Å². The maximum Gasteiger partial charge on any atom is 0.261 e. The van der Waals surface area contributed by atoms with Crippen LogP contribution in [0.15, 0.2) is 30.3 Å². The minimum atomic E-state index is -2.73. The lowest BCUT2D eigenvalue weighted by atomic mass is 9.88. The molecule has 110 valence electrons. The van der Waals surface area contributed by atoms with Gasteiger partial charge in [0.2, 0.25) is 5.78 Å². The summed E-state index contributed by atoms with van der Waals surface area (Å²) in [6, 6.07) is 7.58. The zero-order valence-electron chi connectivity index (χ0n) is 10.5. The van der Waals surface area contributed by atoms with Crippen molar-refractivity contribution in [3.8, 4) is 0 Å². The minimum absolute atomic E-state index is 0.0642. The average Bonchev–Trinajstić information content (AvgIpc) is 2.49. The minimum Gasteiger partial charge on any atom is -0.394 e. The van der Waals surface area contributed by atoms with E-state index in [-0.39, 0.29) is 5.56 Å². The van der Waals surface area contributed by atoms with Crippen LogP contribution in [-0.4, -0.2) is 68.1 Å². The number of rotatable bonds is 3. The van der Waals surface area contributed by atoms with Gasteiger partial charge in [0.1, 0.15) is 24.4 Å². The molecule has 20 heavy (non-hydrogen) atoms. The zero-order chi connectivity index (χ0) is 14.9. The van der Waals surface area contributed by atoms with Gasteiger partial charge in [0, 0.05) is 5.56 Å². The Labute approximate surface area is 114 Å². The second-order valence-electron chi connectivity index (χ2n) is 4.66. The highest BCUT2D eigenvalue weighted by Crippen LogP contribution is 2.31. The summed E-state index contributed by atoms with van der Waals surface area (Å²) >= 11 is 0. The van der Waals surface area contributed by atoms with Crippen molar-refractivity contribution >= 4 is 5.78 Å². The largest absolute Gasteiger partial charge is 0.394 e. The molecule has 0 spiro atoms. The van der Waals surface area contributed by atoms with Crippen LogP contribution >= 0.6 is 0 Å². The van der Waals surface area contributed by atoms with Gasteiger partial charge in [0.15, 0.2) is 0 Å². The fraction of sp³-hybridized carbons (Fsp3) is 0.462. The molecule has 1 saturated heterocycles. The van der Waals surface area contributed by atoms with Crippen molar-refractivity contribution in [2.45, 2.75) is 30.2 Å².